The molecule has 0 saturated carbocycles. The van der Waals surface area contributed by atoms with Gasteiger partial charge < -0.3 is 5.32 Å². The first-order valence-corrected chi connectivity index (χ1v) is 7.10. The molecule has 1 amide bonds. The van der Waals surface area contributed by atoms with Crippen LogP contribution in [0, 0.1) is 11.6 Å². The number of amides is 1. The molecule has 116 valence electrons. The lowest BCUT2D eigenvalue weighted by molar-refractivity contribution is -0.116. The normalized spacial score (nSPS) is 18.0. The Labute approximate surface area is 127 Å². The maximum atomic E-state index is 13.5. The highest BCUT2D eigenvalue weighted by Gasteiger charge is 2.32. The molecule has 0 aliphatic carbocycles. The summed E-state index contributed by atoms with van der Waals surface area (Å²) in [5.41, 5.74) is 1.10. The van der Waals surface area contributed by atoms with Crippen LogP contribution in [0.4, 0.5) is 14.6 Å². The van der Waals surface area contributed by atoms with Crippen molar-refractivity contribution in [3.05, 3.63) is 47.2 Å². The van der Waals surface area contributed by atoms with Crippen LogP contribution in [0.5, 0.6) is 0 Å². The quantitative estimate of drug-likeness (QED) is 0.878. The smallest absolute Gasteiger partial charge is 0.226 e. The minimum absolute atomic E-state index is 0.159. The molecule has 1 aromatic carbocycles. The van der Waals surface area contributed by atoms with E-state index in [1.54, 1.807) is 10.9 Å². The van der Waals surface area contributed by atoms with Crippen molar-refractivity contribution in [3.8, 4) is 0 Å². The number of hydrogen-bond donors (Lipinski definition) is 1. The Kier molecular flexibility index (Phi) is 3.27. The molecular formula is C16H17F2N3O. The van der Waals surface area contributed by atoms with Crippen molar-refractivity contribution in [1.29, 1.82) is 0 Å². The number of benzene rings is 1. The minimum atomic E-state index is -0.909. The molecule has 6 heteroatoms. The van der Waals surface area contributed by atoms with Gasteiger partial charge in [-0.25, -0.2) is 13.5 Å². The highest BCUT2D eigenvalue weighted by molar-refractivity contribution is 5.94. The molecular weight excluding hydrogens is 288 g/mol. The van der Waals surface area contributed by atoms with Gasteiger partial charge in [-0.3, -0.25) is 4.79 Å². The third-order valence-electron chi connectivity index (χ3n) is 3.80. The van der Waals surface area contributed by atoms with Crippen LogP contribution >= 0.6 is 0 Å². The third-order valence-corrected chi connectivity index (χ3v) is 3.80. The summed E-state index contributed by atoms with van der Waals surface area (Å²) in [5.74, 6) is -1.66. The fourth-order valence-corrected chi connectivity index (χ4v) is 2.75. The summed E-state index contributed by atoms with van der Waals surface area (Å²) >= 11 is 0. The van der Waals surface area contributed by atoms with Gasteiger partial charge in [0.05, 0.1) is 11.7 Å². The maximum Gasteiger partial charge on any atom is 0.226 e. The molecule has 1 atom stereocenters. The first kappa shape index (κ1) is 14.7. The number of rotatable bonds is 1. The van der Waals surface area contributed by atoms with Crippen LogP contribution < -0.4 is 5.32 Å². The molecule has 0 fully saturated rings. The summed E-state index contributed by atoms with van der Waals surface area (Å²) < 4.78 is 28.4. The van der Waals surface area contributed by atoms with Gasteiger partial charge in [-0.15, -0.1) is 0 Å². The fraction of sp³-hybridized carbons (Fsp3) is 0.375. The molecule has 1 aliphatic rings. The van der Waals surface area contributed by atoms with Crippen LogP contribution in [0.25, 0.3) is 0 Å². The predicted octanol–water partition coefficient (Wildman–Crippen LogP) is 3.39. The van der Waals surface area contributed by atoms with Crippen molar-refractivity contribution in [2.75, 3.05) is 5.32 Å². The highest BCUT2D eigenvalue weighted by Crippen LogP contribution is 2.39. The Morgan fingerprint density at radius 2 is 2.00 bits per heavy atom. The largest absolute Gasteiger partial charge is 0.311 e. The number of halogens is 2. The molecule has 4 nitrogen and oxygen atoms in total. The van der Waals surface area contributed by atoms with Gasteiger partial charge in [0.1, 0.15) is 5.82 Å². The summed E-state index contributed by atoms with van der Waals surface area (Å²) in [7, 11) is 0. The Hall–Kier alpha value is -2.24. The van der Waals surface area contributed by atoms with E-state index in [-0.39, 0.29) is 23.8 Å². The van der Waals surface area contributed by atoms with E-state index in [4.69, 9.17) is 0 Å². The third kappa shape index (κ3) is 2.38. The molecule has 1 N–H and O–H groups in total. The van der Waals surface area contributed by atoms with Gasteiger partial charge in [-0.05, 0) is 38.5 Å². The van der Waals surface area contributed by atoms with Gasteiger partial charge >= 0.3 is 0 Å². The summed E-state index contributed by atoms with van der Waals surface area (Å²) in [5, 5.41) is 7.19. The monoisotopic (exact) mass is 305 g/mol. The molecule has 1 aromatic heterocycles. The summed E-state index contributed by atoms with van der Waals surface area (Å²) in [6.07, 6.45) is 1.87. The Morgan fingerprint density at radius 1 is 1.27 bits per heavy atom. The Balaban J connectivity index is 2.11. The van der Waals surface area contributed by atoms with E-state index < -0.39 is 11.6 Å². The van der Waals surface area contributed by atoms with E-state index in [1.165, 1.54) is 6.07 Å². The number of nitrogens with zero attached hydrogens (tertiary/aromatic N) is 2. The molecule has 2 heterocycles. The van der Waals surface area contributed by atoms with Crippen LogP contribution in [0.3, 0.4) is 0 Å². The lowest BCUT2D eigenvalue weighted by Gasteiger charge is -2.28. The van der Waals surface area contributed by atoms with Crippen LogP contribution in [-0.4, -0.2) is 15.7 Å². The molecule has 0 saturated heterocycles. The number of fused-ring (bicyclic) bond motifs is 1. The number of nitrogens with one attached hydrogen (secondary N) is 1. The number of aromatic nitrogens is 2. The zero-order valence-corrected chi connectivity index (χ0v) is 12.7. The highest BCUT2D eigenvalue weighted by atomic mass is 19.2. The maximum absolute atomic E-state index is 13.5. The van der Waals surface area contributed by atoms with Crippen molar-refractivity contribution < 1.29 is 13.6 Å². The van der Waals surface area contributed by atoms with Crippen LogP contribution in [0.15, 0.2) is 24.4 Å². The summed E-state index contributed by atoms with van der Waals surface area (Å²) in [6.45, 7) is 5.94. The fourth-order valence-electron chi connectivity index (χ4n) is 2.75. The van der Waals surface area contributed by atoms with Crippen molar-refractivity contribution in [3.63, 3.8) is 0 Å². The van der Waals surface area contributed by atoms with Crippen molar-refractivity contribution in [2.45, 2.75) is 38.6 Å². The number of carbonyl (C=O) groups excluding carboxylic acids is 1. The van der Waals surface area contributed by atoms with Gasteiger partial charge in [-0.2, -0.15) is 5.10 Å². The van der Waals surface area contributed by atoms with Gasteiger partial charge in [0.2, 0.25) is 5.91 Å². The number of anilines is 1. The topological polar surface area (TPSA) is 46.9 Å². The number of carbonyl (C=O) groups is 1. The van der Waals surface area contributed by atoms with E-state index >= 15 is 0 Å². The molecule has 0 bridgehead atoms. The van der Waals surface area contributed by atoms with E-state index in [9.17, 15) is 13.6 Å². The predicted molar refractivity (Wildman–Crippen MR) is 78.7 cm³/mol. The standard InChI is InChI=1S/C16H17F2N3O/c1-16(2,3)21-15-11(8-19-21)10(7-14(22)20-15)9-4-5-12(17)13(18)6-9/h4-6,8,10H,7H2,1-3H3,(H,20,22). The molecule has 3 rings (SSSR count). The first-order chi connectivity index (χ1) is 10.3. The lowest BCUT2D eigenvalue weighted by atomic mass is 9.87. The zero-order valence-electron chi connectivity index (χ0n) is 12.7. The van der Waals surface area contributed by atoms with Crippen molar-refractivity contribution in [1.82, 2.24) is 9.78 Å². The van der Waals surface area contributed by atoms with Gasteiger partial charge in [-0.1, -0.05) is 6.07 Å². The lowest BCUT2D eigenvalue weighted by Crippen LogP contribution is -2.30. The van der Waals surface area contributed by atoms with E-state index in [0.29, 0.717) is 11.4 Å². The molecule has 0 radical (unpaired) electrons. The van der Waals surface area contributed by atoms with Crippen LogP contribution in [0.2, 0.25) is 0 Å². The molecule has 22 heavy (non-hydrogen) atoms. The van der Waals surface area contributed by atoms with Gasteiger partial charge in [0.15, 0.2) is 11.6 Å². The molecule has 2 aromatic rings. The SMILES string of the molecule is CC(C)(C)n1ncc2c1NC(=O)CC2c1ccc(F)c(F)c1. The van der Waals surface area contributed by atoms with Gasteiger partial charge in [0, 0.05) is 17.9 Å². The second-order valence-corrected chi connectivity index (χ2v) is 6.51. The van der Waals surface area contributed by atoms with Crippen molar-refractivity contribution >= 4 is 11.7 Å². The summed E-state index contributed by atoms with van der Waals surface area (Å²) in [6, 6.07) is 3.75. The van der Waals surface area contributed by atoms with Crippen molar-refractivity contribution in [2.24, 2.45) is 0 Å². The zero-order chi connectivity index (χ0) is 16.1. The first-order valence-electron chi connectivity index (χ1n) is 7.10. The molecule has 0 spiro atoms. The van der Waals surface area contributed by atoms with E-state index in [0.717, 1.165) is 17.7 Å². The van der Waals surface area contributed by atoms with Gasteiger partial charge in [0.25, 0.3) is 0 Å². The van der Waals surface area contributed by atoms with E-state index in [1.807, 2.05) is 20.8 Å². The van der Waals surface area contributed by atoms with E-state index in [2.05, 4.69) is 10.4 Å². The molecule has 1 aliphatic heterocycles. The Bertz CT molecular complexity index is 746. The molecule has 1 unspecified atom stereocenters. The second-order valence-electron chi connectivity index (χ2n) is 6.51. The minimum Gasteiger partial charge on any atom is -0.311 e. The average molecular weight is 305 g/mol. The second kappa shape index (κ2) is 4.90. The summed E-state index contributed by atoms with van der Waals surface area (Å²) in [4.78, 5) is 12.0. The Morgan fingerprint density at radius 3 is 2.64 bits per heavy atom. The average Bonchev–Trinajstić information content (AvgIpc) is 2.84. The van der Waals surface area contributed by atoms with Crippen LogP contribution in [0.1, 0.15) is 44.2 Å². The number of hydrogen-bond acceptors (Lipinski definition) is 2. The van der Waals surface area contributed by atoms with Crippen LogP contribution in [-0.2, 0) is 10.3 Å².